The lowest BCUT2D eigenvalue weighted by atomic mass is 10.2. The minimum atomic E-state index is 0.494. The second-order valence-corrected chi connectivity index (χ2v) is 6.80. The molecular formula is C12H15N3S2. The number of fused-ring (bicyclic) bond motifs is 1. The second kappa shape index (κ2) is 4.46. The fourth-order valence-electron chi connectivity index (χ4n) is 2.17. The number of hydrogen-bond donors (Lipinski definition) is 1. The minimum absolute atomic E-state index is 0.494. The van der Waals surface area contributed by atoms with Gasteiger partial charge in [0.15, 0.2) is 0 Å². The predicted octanol–water partition coefficient (Wildman–Crippen LogP) is 3.61. The average Bonchev–Trinajstić information content (AvgIpc) is 2.94. The first kappa shape index (κ1) is 11.3. The van der Waals surface area contributed by atoms with E-state index in [2.05, 4.69) is 23.3 Å². The van der Waals surface area contributed by atoms with Gasteiger partial charge in [0.1, 0.15) is 16.5 Å². The number of anilines is 1. The molecule has 2 aromatic heterocycles. The molecule has 0 aromatic carbocycles. The van der Waals surface area contributed by atoms with E-state index in [-0.39, 0.29) is 0 Å². The lowest BCUT2D eigenvalue weighted by Crippen LogP contribution is -2.02. The molecule has 0 saturated carbocycles. The van der Waals surface area contributed by atoms with Crippen LogP contribution in [0.25, 0.3) is 10.2 Å². The molecular weight excluding hydrogens is 250 g/mol. The maximum atomic E-state index is 4.73. The van der Waals surface area contributed by atoms with Gasteiger partial charge < -0.3 is 5.32 Å². The van der Waals surface area contributed by atoms with E-state index >= 15 is 0 Å². The van der Waals surface area contributed by atoms with Crippen molar-refractivity contribution >= 4 is 39.1 Å². The van der Waals surface area contributed by atoms with Gasteiger partial charge in [-0.1, -0.05) is 0 Å². The van der Waals surface area contributed by atoms with Crippen LogP contribution in [0.15, 0.2) is 6.07 Å². The predicted molar refractivity (Wildman–Crippen MR) is 76.1 cm³/mol. The van der Waals surface area contributed by atoms with Gasteiger partial charge >= 0.3 is 0 Å². The normalized spacial score (nSPS) is 20.0. The fraction of sp³-hybridized carbons (Fsp3) is 0.500. The van der Waals surface area contributed by atoms with Crippen molar-refractivity contribution in [2.24, 2.45) is 0 Å². The summed E-state index contributed by atoms with van der Waals surface area (Å²) in [6.45, 7) is 2.12. The lowest BCUT2D eigenvalue weighted by molar-refractivity contribution is 0.784. The first-order valence-corrected chi connectivity index (χ1v) is 7.72. The summed E-state index contributed by atoms with van der Waals surface area (Å²) >= 11 is 3.74. The van der Waals surface area contributed by atoms with E-state index in [0.29, 0.717) is 5.25 Å². The standard InChI is InChI=1S/C12H15N3S2/c1-7-6-8-10(13-2)14-11(15-12(8)17-7)9-4-3-5-16-9/h6,9H,3-5H2,1-2H3,(H,13,14,15). The van der Waals surface area contributed by atoms with Crippen molar-refractivity contribution in [3.63, 3.8) is 0 Å². The van der Waals surface area contributed by atoms with Gasteiger partial charge in [-0.05, 0) is 31.6 Å². The summed E-state index contributed by atoms with van der Waals surface area (Å²) in [5, 5.41) is 4.84. The van der Waals surface area contributed by atoms with E-state index in [4.69, 9.17) is 4.98 Å². The van der Waals surface area contributed by atoms with Crippen LogP contribution in [0.5, 0.6) is 0 Å². The van der Waals surface area contributed by atoms with E-state index in [0.717, 1.165) is 21.9 Å². The molecule has 3 nitrogen and oxygen atoms in total. The number of hydrogen-bond acceptors (Lipinski definition) is 5. The van der Waals surface area contributed by atoms with Gasteiger partial charge in [0, 0.05) is 11.9 Å². The van der Waals surface area contributed by atoms with Crippen molar-refractivity contribution in [1.29, 1.82) is 0 Å². The van der Waals surface area contributed by atoms with Crippen LogP contribution in [-0.2, 0) is 0 Å². The van der Waals surface area contributed by atoms with Crippen LogP contribution in [0.3, 0.4) is 0 Å². The third-order valence-electron chi connectivity index (χ3n) is 2.99. The van der Waals surface area contributed by atoms with E-state index in [1.807, 2.05) is 18.8 Å². The highest BCUT2D eigenvalue weighted by molar-refractivity contribution is 7.99. The number of nitrogens with one attached hydrogen (secondary N) is 1. The van der Waals surface area contributed by atoms with E-state index in [1.165, 1.54) is 23.5 Å². The average molecular weight is 265 g/mol. The molecule has 0 spiro atoms. The number of thioether (sulfide) groups is 1. The second-order valence-electron chi connectivity index (χ2n) is 4.26. The summed E-state index contributed by atoms with van der Waals surface area (Å²) < 4.78 is 0. The van der Waals surface area contributed by atoms with Crippen LogP contribution in [0.1, 0.15) is 28.8 Å². The summed E-state index contributed by atoms with van der Waals surface area (Å²) in [4.78, 5) is 11.8. The van der Waals surface area contributed by atoms with Crippen LogP contribution < -0.4 is 5.32 Å². The zero-order chi connectivity index (χ0) is 11.8. The third kappa shape index (κ3) is 2.02. The molecule has 1 unspecified atom stereocenters. The summed E-state index contributed by atoms with van der Waals surface area (Å²) in [7, 11) is 1.93. The first-order chi connectivity index (χ1) is 8.28. The van der Waals surface area contributed by atoms with E-state index < -0.39 is 0 Å². The van der Waals surface area contributed by atoms with Crippen LogP contribution in [0.4, 0.5) is 5.82 Å². The first-order valence-electron chi connectivity index (χ1n) is 5.85. The number of rotatable bonds is 2. The highest BCUT2D eigenvalue weighted by atomic mass is 32.2. The van der Waals surface area contributed by atoms with Crippen LogP contribution >= 0.6 is 23.1 Å². The van der Waals surface area contributed by atoms with Crippen molar-refractivity contribution in [3.05, 3.63) is 16.8 Å². The molecule has 3 heterocycles. The Hall–Kier alpha value is -0.810. The van der Waals surface area contributed by atoms with E-state index in [1.54, 1.807) is 11.3 Å². The zero-order valence-corrected chi connectivity index (χ0v) is 11.6. The van der Waals surface area contributed by atoms with Crippen LogP contribution in [0, 0.1) is 6.92 Å². The Balaban J connectivity index is 2.13. The Bertz CT molecular complexity index is 544. The van der Waals surface area contributed by atoms with Gasteiger partial charge in [-0.15, -0.1) is 11.3 Å². The number of aromatic nitrogens is 2. The molecule has 1 saturated heterocycles. The third-order valence-corrected chi connectivity index (χ3v) is 5.31. The Morgan fingerprint density at radius 1 is 1.41 bits per heavy atom. The molecule has 90 valence electrons. The van der Waals surface area contributed by atoms with Gasteiger partial charge in [0.05, 0.1) is 10.6 Å². The highest BCUT2D eigenvalue weighted by Gasteiger charge is 2.22. The molecule has 0 bridgehead atoms. The van der Waals surface area contributed by atoms with Gasteiger partial charge in [-0.25, -0.2) is 9.97 Å². The fourth-order valence-corrected chi connectivity index (χ4v) is 4.27. The Morgan fingerprint density at radius 3 is 3.00 bits per heavy atom. The highest BCUT2D eigenvalue weighted by Crippen LogP contribution is 2.40. The molecule has 2 aromatic rings. The monoisotopic (exact) mass is 265 g/mol. The molecule has 1 N–H and O–H groups in total. The van der Waals surface area contributed by atoms with Crippen molar-refractivity contribution in [2.45, 2.75) is 25.0 Å². The molecule has 17 heavy (non-hydrogen) atoms. The van der Waals surface area contributed by atoms with Gasteiger partial charge in [0.25, 0.3) is 0 Å². The van der Waals surface area contributed by atoms with Gasteiger partial charge in [0.2, 0.25) is 0 Å². The van der Waals surface area contributed by atoms with Gasteiger partial charge in [-0.3, -0.25) is 0 Å². The van der Waals surface area contributed by atoms with Gasteiger partial charge in [-0.2, -0.15) is 11.8 Å². The summed E-state index contributed by atoms with van der Waals surface area (Å²) in [6, 6.07) is 2.16. The van der Waals surface area contributed by atoms with Crippen molar-refractivity contribution < 1.29 is 0 Å². The van der Waals surface area contributed by atoms with Crippen LogP contribution in [-0.4, -0.2) is 22.8 Å². The van der Waals surface area contributed by atoms with E-state index in [9.17, 15) is 0 Å². The Labute approximate surface area is 109 Å². The molecule has 5 heteroatoms. The Kier molecular flexibility index (Phi) is 2.96. The molecule has 0 aliphatic carbocycles. The smallest absolute Gasteiger partial charge is 0.145 e. The van der Waals surface area contributed by atoms with Crippen molar-refractivity contribution in [1.82, 2.24) is 9.97 Å². The largest absolute Gasteiger partial charge is 0.372 e. The molecule has 1 aliphatic rings. The lowest BCUT2D eigenvalue weighted by Gasteiger charge is -2.09. The molecule has 0 radical (unpaired) electrons. The summed E-state index contributed by atoms with van der Waals surface area (Å²) in [5.41, 5.74) is 0. The summed E-state index contributed by atoms with van der Waals surface area (Å²) in [5.74, 6) is 3.22. The quantitative estimate of drug-likeness (QED) is 0.900. The molecule has 0 amide bonds. The van der Waals surface area contributed by atoms with Crippen LogP contribution in [0.2, 0.25) is 0 Å². The molecule has 1 atom stereocenters. The topological polar surface area (TPSA) is 37.8 Å². The maximum Gasteiger partial charge on any atom is 0.145 e. The minimum Gasteiger partial charge on any atom is -0.372 e. The van der Waals surface area contributed by atoms with Crippen molar-refractivity contribution in [2.75, 3.05) is 18.1 Å². The number of nitrogens with zero attached hydrogens (tertiary/aromatic N) is 2. The zero-order valence-electron chi connectivity index (χ0n) is 9.99. The number of aryl methyl sites for hydroxylation is 1. The number of thiophene rings is 1. The summed E-state index contributed by atoms with van der Waals surface area (Å²) in [6.07, 6.45) is 2.50. The van der Waals surface area contributed by atoms with Crippen molar-refractivity contribution in [3.8, 4) is 0 Å². The molecule has 3 rings (SSSR count). The molecule has 1 fully saturated rings. The SMILES string of the molecule is CNc1nc(C2CCCS2)nc2sc(C)cc12. The maximum absolute atomic E-state index is 4.73. The molecule has 1 aliphatic heterocycles. The Morgan fingerprint density at radius 2 is 2.29 bits per heavy atom.